The molecule has 0 atom stereocenters. The number of amides is 1. The largest absolute Gasteiger partial charge is 0.484 e. The molecule has 0 heterocycles. The highest BCUT2D eigenvalue weighted by molar-refractivity contribution is 6.34. The van der Waals surface area contributed by atoms with E-state index in [0.717, 1.165) is 0 Å². The van der Waals surface area contributed by atoms with Crippen LogP contribution in [0, 0.1) is 0 Å². The van der Waals surface area contributed by atoms with Crippen molar-refractivity contribution in [2.24, 2.45) is 0 Å². The van der Waals surface area contributed by atoms with Gasteiger partial charge in [0.1, 0.15) is 11.3 Å². The number of carbonyl (C=O) groups excluding carboxylic acids is 1. The van der Waals surface area contributed by atoms with Crippen LogP contribution in [0.1, 0.15) is 13.8 Å². The molecule has 0 bridgehead atoms. The molecule has 1 amide bonds. The van der Waals surface area contributed by atoms with Crippen LogP contribution in [0.25, 0.3) is 0 Å². The van der Waals surface area contributed by atoms with Crippen LogP contribution in [0.15, 0.2) is 18.2 Å². The van der Waals surface area contributed by atoms with E-state index in [1.54, 1.807) is 0 Å². The Morgan fingerprint density at radius 2 is 1.79 bits per heavy atom. The van der Waals surface area contributed by atoms with Crippen molar-refractivity contribution in [1.82, 2.24) is 5.32 Å². The Morgan fingerprint density at radius 3 is 2.26 bits per heavy atom. The van der Waals surface area contributed by atoms with Crippen molar-refractivity contribution in [2.45, 2.75) is 19.4 Å². The predicted octanol–water partition coefficient (Wildman–Crippen LogP) is 2.35. The average Bonchev–Trinajstić information content (AvgIpc) is 2.24. The summed E-state index contributed by atoms with van der Waals surface area (Å²) < 4.78 is 5.18. The Bertz CT molecular complexity index is 482. The van der Waals surface area contributed by atoms with Crippen LogP contribution in [0.4, 0.5) is 0 Å². The van der Waals surface area contributed by atoms with Gasteiger partial charge in [-0.1, -0.05) is 23.2 Å². The molecule has 7 heteroatoms. The molecular weight excluding hydrogens is 293 g/mol. The van der Waals surface area contributed by atoms with Gasteiger partial charge in [-0.15, -0.1) is 0 Å². The Labute approximate surface area is 120 Å². The summed E-state index contributed by atoms with van der Waals surface area (Å²) in [5, 5.41) is 11.9. The summed E-state index contributed by atoms with van der Waals surface area (Å²) in [5.41, 5.74) is -1.35. The van der Waals surface area contributed by atoms with Gasteiger partial charge in [0.05, 0.1) is 0 Å². The van der Waals surface area contributed by atoms with Crippen molar-refractivity contribution in [1.29, 1.82) is 0 Å². The first-order valence-electron chi connectivity index (χ1n) is 5.34. The lowest BCUT2D eigenvalue weighted by atomic mass is 10.1. The maximum Gasteiger partial charge on any atom is 0.328 e. The van der Waals surface area contributed by atoms with Crippen LogP contribution in [0.5, 0.6) is 5.75 Å². The smallest absolute Gasteiger partial charge is 0.328 e. The summed E-state index contributed by atoms with van der Waals surface area (Å²) >= 11 is 11.5. The SMILES string of the molecule is CC(C)(NC(=O)COc1cc(Cl)cc(Cl)c1)C(=O)O. The van der Waals surface area contributed by atoms with Gasteiger partial charge >= 0.3 is 5.97 Å². The molecular formula is C12H13Cl2NO4. The zero-order chi connectivity index (χ0) is 14.6. The molecule has 0 aliphatic rings. The van der Waals surface area contributed by atoms with E-state index >= 15 is 0 Å². The van der Waals surface area contributed by atoms with Gasteiger partial charge in [0.15, 0.2) is 6.61 Å². The zero-order valence-corrected chi connectivity index (χ0v) is 11.9. The Morgan fingerprint density at radius 1 is 1.26 bits per heavy atom. The first-order chi connectivity index (χ1) is 8.70. The van der Waals surface area contributed by atoms with Gasteiger partial charge in [0.2, 0.25) is 0 Å². The summed E-state index contributed by atoms with van der Waals surface area (Å²) in [7, 11) is 0. The molecule has 1 aromatic carbocycles. The zero-order valence-electron chi connectivity index (χ0n) is 10.4. The molecule has 0 spiro atoms. The van der Waals surface area contributed by atoms with Crippen molar-refractivity contribution in [2.75, 3.05) is 6.61 Å². The van der Waals surface area contributed by atoms with Crippen LogP contribution in [0.3, 0.4) is 0 Å². The Balaban J connectivity index is 2.57. The molecule has 0 radical (unpaired) electrons. The van der Waals surface area contributed by atoms with Crippen LogP contribution in [0.2, 0.25) is 10.0 Å². The van der Waals surface area contributed by atoms with Gasteiger partial charge in [-0.05, 0) is 32.0 Å². The van der Waals surface area contributed by atoms with Gasteiger partial charge in [0.25, 0.3) is 5.91 Å². The molecule has 2 N–H and O–H groups in total. The quantitative estimate of drug-likeness (QED) is 0.875. The van der Waals surface area contributed by atoms with Gasteiger partial charge in [-0.2, -0.15) is 0 Å². The Kier molecular flexibility index (Phi) is 5.03. The van der Waals surface area contributed by atoms with Crippen molar-refractivity contribution in [3.63, 3.8) is 0 Å². The lowest BCUT2D eigenvalue weighted by molar-refractivity contribution is -0.146. The molecule has 0 aliphatic carbocycles. The minimum atomic E-state index is -1.35. The third kappa shape index (κ3) is 4.96. The minimum absolute atomic E-state index is 0.326. The first-order valence-corrected chi connectivity index (χ1v) is 6.09. The maximum absolute atomic E-state index is 11.5. The van der Waals surface area contributed by atoms with Crippen molar-refractivity contribution in [3.05, 3.63) is 28.2 Å². The lowest BCUT2D eigenvalue weighted by Gasteiger charge is -2.20. The summed E-state index contributed by atoms with van der Waals surface area (Å²) in [6, 6.07) is 4.54. The molecule has 0 saturated heterocycles. The standard InChI is InChI=1S/C12H13Cl2NO4/c1-12(2,11(17)18)15-10(16)6-19-9-4-7(13)3-8(14)5-9/h3-5H,6H2,1-2H3,(H,15,16)(H,17,18). The van der Waals surface area contributed by atoms with Crippen molar-refractivity contribution < 1.29 is 19.4 Å². The lowest BCUT2D eigenvalue weighted by Crippen LogP contribution is -2.51. The molecule has 1 rings (SSSR count). The van der Waals surface area contributed by atoms with Gasteiger partial charge < -0.3 is 15.2 Å². The van der Waals surface area contributed by atoms with Crippen LogP contribution < -0.4 is 10.1 Å². The number of ether oxygens (including phenoxy) is 1. The molecule has 0 saturated carbocycles. The van der Waals surface area contributed by atoms with E-state index in [1.165, 1.54) is 32.0 Å². The molecule has 0 aromatic heterocycles. The summed E-state index contributed by atoms with van der Waals surface area (Å²) in [6.07, 6.45) is 0. The second-order valence-electron chi connectivity index (χ2n) is 4.37. The van der Waals surface area contributed by atoms with E-state index in [-0.39, 0.29) is 6.61 Å². The number of halogens is 2. The topological polar surface area (TPSA) is 75.6 Å². The fourth-order valence-corrected chi connectivity index (χ4v) is 1.70. The number of rotatable bonds is 5. The average molecular weight is 306 g/mol. The van der Waals surface area contributed by atoms with Crippen LogP contribution in [-0.4, -0.2) is 29.1 Å². The number of nitrogens with one attached hydrogen (secondary N) is 1. The number of aliphatic carboxylic acids is 1. The van der Waals surface area contributed by atoms with E-state index < -0.39 is 17.4 Å². The van der Waals surface area contributed by atoms with Crippen molar-refractivity contribution >= 4 is 35.1 Å². The van der Waals surface area contributed by atoms with E-state index in [9.17, 15) is 9.59 Å². The van der Waals surface area contributed by atoms with E-state index in [4.69, 9.17) is 33.0 Å². The summed E-state index contributed by atoms with van der Waals surface area (Å²) in [5.74, 6) is -1.35. The number of carboxylic acids is 1. The summed E-state index contributed by atoms with van der Waals surface area (Å²) in [6.45, 7) is 2.43. The molecule has 0 unspecified atom stereocenters. The van der Waals surface area contributed by atoms with Crippen LogP contribution in [-0.2, 0) is 9.59 Å². The molecule has 0 aliphatic heterocycles. The second-order valence-corrected chi connectivity index (χ2v) is 5.25. The third-order valence-corrected chi connectivity index (χ3v) is 2.63. The highest BCUT2D eigenvalue weighted by Crippen LogP contribution is 2.24. The Hall–Kier alpha value is -1.46. The summed E-state index contributed by atoms with van der Waals surface area (Å²) in [4.78, 5) is 22.4. The first kappa shape index (κ1) is 15.6. The number of carbonyl (C=O) groups is 2. The fourth-order valence-electron chi connectivity index (χ4n) is 1.20. The minimum Gasteiger partial charge on any atom is -0.484 e. The number of hydrogen-bond acceptors (Lipinski definition) is 3. The van der Waals surface area contributed by atoms with Crippen LogP contribution >= 0.6 is 23.2 Å². The molecule has 104 valence electrons. The van der Waals surface area contributed by atoms with E-state index in [0.29, 0.717) is 15.8 Å². The van der Waals surface area contributed by atoms with E-state index in [2.05, 4.69) is 5.32 Å². The second kappa shape index (κ2) is 6.12. The van der Waals surface area contributed by atoms with Gasteiger partial charge in [-0.25, -0.2) is 4.79 Å². The number of hydrogen-bond donors (Lipinski definition) is 2. The monoisotopic (exact) mass is 305 g/mol. The van der Waals surface area contributed by atoms with Gasteiger partial charge in [0, 0.05) is 10.0 Å². The molecule has 19 heavy (non-hydrogen) atoms. The highest BCUT2D eigenvalue weighted by Gasteiger charge is 2.28. The number of benzene rings is 1. The number of carboxylic acid groups (broad SMARTS) is 1. The van der Waals surface area contributed by atoms with Gasteiger partial charge in [-0.3, -0.25) is 4.79 Å². The highest BCUT2D eigenvalue weighted by atomic mass is 35.5. The van der Waals surface area contributed by atoms with E-state index in [1.807, 2.05) is 0 Å². The maximum atomic E-state index is 11.5. The normalized spacial score (nSPS) is 10.9. The van der Waals surface area contributed by atoms with Crippen molar-refractivity contribution in [3.8, 4) is 5.75 Å². The predicted molar refractivity (Wildman–Crippen MR) is 71.8 cm³/mol. The molecule has 5 nitrogen and oxygen atoms in total. The fraction of sp³-hybridized carbons (Fsp3) is 0.333. The molecule has 1 aromatic rings. The molecule has 0 fully saturated rings. The third-order valence-electron chi connectivity index (χ3n) is 2.19.